The molecule has 0 saturated heterocycles. The van der Waals surface area contributed by atoms with Crippen LogP contribution in [0.3, 0.4) is 0 Å². The summed E-state index contributed by atoms with van der Waals surface area (Å²) in [5.74, 6) is 0.609. The molecule has 0 unspecified atom stereocenters. The minimum Gasteiger partial charge on any atom is -0.497 e. The van der Waals surface area contributed by atoms with Crippen LogP contribution in [0.2, 0.25) is 0 Å². The van der Waals surface area contributed by atoms with Gasteiger partial charge in [0.15, 0.2) is 0 Å². The Bertz CT molecular complexity index is 525. The predicted molar refractivity (Wildman–Crippen MR) is 91.2 cm³/mol. The van der Waals surface area contributed by atoms with Crippen molar-refractivity contribution in [3.05, 3.63) is 24.3 Å². The number of carbonyl (C=O) groups is 1. The van der Waals surface area contributed by atoms with Crippen molar-refractivity contribution in [2.24, 2.45) is 0 Å². The zero-order valence-electron chi connectivity index (χ0n) is 14.0. The Labute approximate surface area is 138 Å². The summed E-state index contributed by atoms with van der Waals surface area (Å²) < 4.78 is 27.8. The van der Waals surface area contributed by atoms with E-state index in [9.17, 15) is 9.36 Å². The van der Waals surface area contributed by atoms with E-state index in [0.717, 1.165) is 0 Å². The lowest BCUT2D eigenvalue weighted by molar-refractivity contribution is -0.116. The molecule has 0 fully saturated rings. The van der Waals surface area contributed by atoms with Crippen molar-refractivity contribution in [1.82, 2.24) is 0 Å². The molecule has 0 atom stereocenters. The van der Waals surface area contributed by atoms with Crippen LogP contribution in [-0.4, -0.2) is 32.4 Å². The molecule has 0 heterocycles. The van der Waals surface area contributed by atoms with E-state index in [1.165, 1.54) is 0 Å². The number of ether oxygens (including phenoxy) is 1. The van der Waals surface area contributed by atoms with Crippen molar-refractivity contribution >= 4 is 19.2 Å². The summed E-state index contributed by atoms with van der Waals surface area (Å²) in [4.78, 5) is 11.9. The Morgan fingerprint density at radius 1 is 1.17 bits per heavy atom. The molecule has 23 heavy (non-hydrogen) atoms. The molecule has 1 aromatic rings. The molecule has 130 valence electrons. The molecule has 0 aliphatic heterocycles. The average Bonchev–Trinajstić information content (AvgIpc) is 2.52. The Kier molecular flexibility index (Phi) is 8.92. The highest BCUT2D eigenvalue weighted by Gasteiger charge is 2.22. The second-order valence-corrected chi connectivity index (χ2v) is 7.09. The van der Waals surface area contributed by atoms with Crippen LogP contribution in [0.4, 0.5) is 5.69 Å². The average molecular weight is 343 g/mol. The van der Waals surface area contributed by atoms with Crippen LogP contribution in [0.15, 0.2) is 24.3 Å². The molecule has 0 spiro atoms. The van der Waals surface area contributed by atoms with Crippen molar-refractivity contribution in [2.45, 2.75) is 33.1 Å². The van der Waals surface area contributed by atoms with Gasteiger partial charge in [-0.2, -0.15) is 0 Å². The number of unbranched alkanes of at least 4 members (excludes halogenated alkanes) is 1. The summed E-state index contributed by atoms with van der Waals surface area (Å²) in [6.45, 7) is 4.28. The van der Waals surface area contributed by atoms with Crippen molar-refractivity contribution in [3.63, 3.8) is 0 Å². The highest BCUT2D eigenvalue weighted by atomic mass is 31.2. The minimum atomic E-state index is -3.00. The smallest absolute Gasteiger partial charge is 0.330 e. The van der Waals surface area contributed by atoms with E-state index in [1.54, 1.807) is 33.1 Å². The molecule has 0 saturated carbocycles. The van der Waals surface area contributed by atoms with E-state index in [2.05, 4.69) is 5.32 Å². The third-order valence-corrected chi connectivity index (χ3v) is 5.26. The van der Waals surface area contributed by atoms with Gasteiger partial charge in [-0.05, 0) is 38.8 Å². The second-order valence-electron chi connectivity index (χ2n) is 4.91. The number of nitrogens with one attached hydrogen (secondary N) is 1. The Hall–Kier alpha value is -1.36. The summed E-state index contributed by atoms with van der Waals surface area (Å²) in [6, 6.07) is 7.19. The van der Waals surface area contributed by atoms with E-state index in [4.69, 9.17) is 13.8 Å². The van der Waals surface area contributed by atoms with Gasteiger partial charge >= 0.3 is 7.60 Å². The zero-order chi connectivity index (χ0) is 17.1. The third kappa shape index (κ3) is 7.64. The summed E-state index contributed by atoms with van der Waals surface area (Å²) in [7, 11) is -1.43. The SMILES string of the molecule is CCOP(=O)(CCCCC(=O)Nc1cccc(OC)c1)OCC. The first-order valence-corrected chi connectivity index (χ1v) is 9.57. The van der Waals surface area contributed by atoms with Crippen molar-refractivity contribution in [3.8, 4) is 5.75 Å². The maximum Gasteiger partial charge on any atom is 0.330 e. The first-order valence-electron chi connectivity index (χ1n) is 7.85. The van der Waals surface area contributed by atoms with E-state index < -0.39 is 7.60 Å². The van der Waals surface area contributed by atoms with Gasteiger partial charge in [-0.3, -0.25) is 9.36 Å². The number of anilines is 1. The Morgan fingerprint density at radius 3 is 2.48 bits per heavy atom. The lowest BCUT2D eigenvalue weighted by atomic mass is 10.2. The molecule has 0 aliphatic rings. The number of rotatable bonds is 11. The Morgan fingerprint density at radius 2 is 1.87 bits per heavy atom. The first-order chi connectivity index (χ1) is 11.0. The van der Waals surface area contributed by atoms with Crippen LogP contribution in [0, 0.1) is 0 Å². The molecule has 6 nitrogen and oxygen atoms in total. The summed E-state index contributed by atoms with van der Waals surface area (Å²) in [5.41, 5.74) is 0.698. The molecule has 0 aromatic heterocycles. The van der Waals surface area contributed by atoms with Crippen molar-refractivity contribution < 1.29 is 23.1 Å². The molecular formula is C16H26NO5P. The lowest BCUT2D eigenvalue weighted by Gasteiger charge is -2.16. The van der Waals surface area contributed by atoms with Gasteiger partial charge < -0.3 is 19.1 Å². The van der Waals surface area contributed by atoms with Gasteiger partial charge in [0.25, 0.3) is 0 Å². The van der Waals surface area contributed by atoms with Crippen molar-refractivity contribution in [1.29, 1.82) is 0 Å². The molecular weight excluding hydrogens is 317 g/mol. The standard InChI is InChI=1S/C16H26NO5P/c1-4-21-23(19,22-5-2)12-7-6-11-16(18)17-14-9-8-10-15(13-14)20-3/h8-10,13H,4-7,11-12H2,1-3H3,(H,17,18). The van der Waals surface area contributed by atoms with Crippen LogP contribution in [0.5, 0.6) is 5.75 Å². The van der Waals surface area contributed by atoms with Crippen LogP contribution in [0.1, 0.15) is 33.1 Å². The minimum absolute atomic E-state index is 0.0825. The number of benzene rings is 1. The van der Waals surface area contributed by atoms with Crippen LogP contribution in [-0.2, 0) is 18.4 Å². The quantitative estimate of drug-likeness (QED) is 0.484. The summed E-state index contributed by atoms with van der Waals surface area (Å²) in [6.07, 6.45) is 1.93. The van der Waals surface area contributed by atoms with Crippen LogP contribution in [0.25, 0.3) is 0 Å². The topological polar surface area (TPSA) is 73.9 Å². The van der Waals surface area contributed by atoms with Gasteiger partial charge in [0.2, 0.25) is 5.91 Å². The van der Waals surface area contributed by atoms with E-state index >= 15 is 0 Å². The molecule has 0 radical (unpaired) electrons. The predicted octanol–water partition coefficient (Wildman–Crippen LogP) is 4.07. The van der Waals surface area contributed by atoms with Gasteiger partial charge in [0.1, 0.15) is 5.75 Å². The maximum atomic E-state index is 12.3. The summed E-state index contributed by atoms with van der Waals surface area (Å²) in [5, 5.41) is 2.81. The fourth-order valence-corrected chi connectivity index (χ4v) is 3.81. The second kappa shape index (κ2) is 10.4. The number of amides is 1. The Balaban J connectivity index is 2.34. The molecule has 7 heteroatoms. The van der Waals surface area contributed by atoms with Gasteiger partial charge in [0.05, 0.1) is 26.5 Å². The van der Waals surface area contributed by atoms with Crippen LogP contribution < -0.4 is 10.1 Å². The molecule has 1 N–H and O–H groups in total. The fourth-order valence-electron chi connectivity index (χ4n) is 2.08. The first kappa shape index (κ1) is 19.7. The van der Waals surface area contributed by atoms with Crippen LogP contribution >= 0.6 is 7.60 Å². The zero-order valence-corrected chi connectivity index (χ0v) is 14.9. The largest absolute Gasteiger partial charge is 0.497 e. The summed E-state index contributed by atoms with van der Waals surface area (Å²) >= 11 is 0. The van der Waals surface area contributed by atoms with Gasteiger partial charge in [-0.1, -0.05) is 6.07 Å². The number of methoxy groups -OCH3 is 1. The van der Waals surface area contributed by atoms with E-state index in [1.807, 2.05) is 12.1 Å². The molecule has 1 rings (SSSR count). The maximum absolute atomic E-state index is 12.3. The molecule has 0 bridgehead atoms. The molecule has 1 aromatic carbocycles. The monoisotopic (exact) mass is 343 g/mol. The highest BCUT2D eigenvalue weighted by molar-refractivity contribution is 7.53. The van der Waals surface area contributed by atoms with Gasteiger partial charge in [0, 0.05) is 18.2 Å². The number of hydrogen-bond donors (Lipinski definition) is 1. The fraction of sp³-hybridized carbons (Fsp3) is 0.562. The van der Waals surface area contributed by atoms with Crippen molar-refractivity contribution in [2.75, 3.05) is 31.8 Å². The van der Waals surface area contributed by atoms with E-state index in [0.29, 0.717) is 50.1 Å². The normalized spacial score (nSPS) is 11.3. The number of carbonyl (C=O) groups excluding carboxylic acids is 1. The number of hydrogen-bond acceptors (Lipinski definition) is 5. The molecule has 0 aliphatic carbocycles. The molecule has 1 amide bonds. The highest BCUT2D eigenvalue weighted by Crippen LogP contribution is 2.48. The van der Waals surface area contributed by atoms with Gasteiger partial charge in [-0.25, -0.2) is 0 Å². The van der Waals surface area contributed by atoms with Gasteiger partial charge in [-0.15, -0.1) is 0 Å². The lowest BCUT2D eigenvalue weighted by Crippen LogP contribution is -2.11. The third-order valence-electron chi connectivity index (χ3n) is 3.09. The van der Waals surface area contributed by atoms with E-state index in [-0.39, 0.29) is 5.91 Å².